The predicted octanol–water partition coefficient (Wildman–Crippen LogP) is 0.938. The van der Waals surface area contributed by atoms with Gasteiger partial charge in [0.05, 0.1) is 36.8 Å². The van der Waals surface area contributed by atoms with Gasteiger partial charge >= 0.3 is 0 Å². The second-order valence-corrected chi connectivity index (χ2v) is 5.74. The first-order chi connectivity index (χ1) is 10.6. The molecule has 3 heterocycles. The first kappa shape index (κ1) is 14.8. The number of hydrogen-bond acceptors (Lipinski definition) is 4. The fraction of sp³-hybridized carbons (Fsp3) is 0.533. The zero-order valence-corrected chi connectivity index (χ0v) is 12.9. The zero-order chi connectivity index (χ0) is 15.5. The van der Waals surface area contributed by atoms with Crippen LogP contribution in [0.2, 0.25) is 0 Å². The van der Waals surface area contributed by atoms with Crippen LogP contribution in [0.25, 0.3) is 0 Å². The number of carbonyl (C=O) groups excluding carboxylic acids is 1. The molecule has 2 atom stereocenters. The summed E-state index contributed by atoms with van der Waals surface area (Å²) in [4.78, 5) is 16.7. The van der Waals surface area contributed by atoms with E-state index in [-0.39, 0.29) is 17.9 Å². The molecule has 1 aliphatic rings. The Balaban J connectivity index is 1.66. The number of amides is 1. The number of carbonyl (C=O) groups is 1. The van der Waals surface area contributed by atoms with Gasteiger partial charge in [-0.25, -0.2) is 4.98 Å². The Labute approximate surface area is 129 Å². The highest BCUT2D eigenvalue weighted by Crippen LogP contribution is 2.33. The Hall–Kier alpha value is -2.15. The first-order valence-corrected chi connectivity index (χ1v) is 7.48. The van der Waals surface area contributed by atoms with E-state index in [1.807, 2.05) is 31.1 Å². The van der Waals surface area contributed by atoms with Gasteiger partial charge in [-0.2, -0.15) is 5.10 Å². The Kier molecular flexibility index (Phi) is 4.24. The summed E-state index contributed by atoms with van der Waals surface area (Å²) < 4.78 is 9.43. The van der Waals surface area contributed by atoms with Crippen LogP contribution in [0.15, 0.2) is 24.9 Å². The molecule has 7 nitrogen and oxygen atoms in total. The maximum Gasteiger partial charge on any atom is 0.226 e. The molecule has 2 aromatic heterocycles. The molecular weight excluding hydrogens is 282 g/mol. The van der Waals surface area contributed by atoms with E-state index in [2.05, 4.69) is 15.4 Å². The summed E-state index contributed by atoms with van der Waals surface area (Å²) in [7, 11) is 3.77. The number of nitrogens with one attached hydrogen (secondary N) is 1. The lowest BCUT2D eigenvalue weighted by atomic mass is 9.90. The molecule has 0 unspecified atom stereocenters. The average molecular weight is 303 g/mol. The number of aromatic nitrogens is 4. The quantitative estimate of drug-likeness (QED) is 0.912. The summed E-state index contributed by atoms with van der Waals surface area (Å²) in [6.07, 6.45) is 8.82. The van der Waals surface area contributed by atoms with E-state index in [1.165, 1.54) is 0 Å². The largest absolute Gasteiger partial charge is 0.373 e. The molecule has 2 aromatic rings. The molecule has 0 bridgehead atoms. The highest BCUT2D eigenvalue weighted by atomic mass is 16.5. The van der Waals surface area contributed by atoms with Crippen LogP contribution in [0, 0.1) is 5.92 Å². The van der Waals surface area contributed by atoms with Crippen LogP contribution in [-0.4, -0.2) is 31.8 Å². The van der Waals surface area contributed by atoms with E-state index in [4.69, 9.17) is 4.74 Å². The molecule has 0 radical (unpaired) electrons. The fourth-order valence-corrected chi connectivity index (χ4v) is 2.83. The molecular formula is C15H21N5O2. The molecule has 1 amide bonds. The van der Waals surface area contributed by atoms with Crippen molar-refractivity contribution < 1.29 is 9.53 Å². The van der Waals surface area contributed by atoms with Crippen LogP contribution in [0.1, 0.15) is 30.2 Å². The van der Waals surface area contributed by atoms with Crippen molar-refractivity contribution in [3.05, 3.63) is 36.2 Å². The van der Waals surface area contributed by atoms with E-state index >= 15 is 0 Å². The van der Waals surface area contributed by atoms with Gasteiger partial charge in [-0.15, -0.1) is 0 Å². The standard InChI is InChI=1S/C15H21N5O2/c1-19-9-12(17-10-19)7-16-15(21)13-4-3-5-22-14(13)11-6-18-20(2)8-11/h6,8-10,13-14H,3-5,7H2,1-2H3,(H,16,21)/t13-,14+/m1/s1. The van der Waals surface area contributed by atoms with Crippen LogP contribution in [-0.2, 0) is 30.2 Å². The highest BCUT2D eigenvalue weighted by Gasteiger charge is 2.33. The summed E-state index contributed by atoms with van der Waals surface area (Å²) in [6.45, 7) is 1.12. The maximum absolute atomic E-state index is 12.5. The summed E-state index contributed by atoms with van der Waals surface area (Å²) in [5, 5.41) is 7.14. The highest BCUT2D eigenvalue weighted by molar-refractivity contribution is 5.79. The lowest BCUT2D eigenvalue weighted by Crippen LogP contribution is -2.37. The summed E-state index contributed by atoms with van der Waals surface area (Å²) in [5.74, 6) is -0.166. The molecule has 7 heteroatoms. The molecule has 0 aliphatic carbocycles. The minimum atomic E-state index is -0.216. The smallest absolute Gasteiger partial charge is 0.226 e. The molecule has 1 saturated heterocycles. The monoisotopic (exact) mass is 303 g/mol. The lowest BCUT2D eigenvalue weighted by Gasteiger charge is -2.30. The van der Waals surface area contributed by atoms with Gasteiger partial charge < -0.3 is 14.6 Å². The van der Waals surface area contributed by atoms with Crippen molar-refractivity contribution in [2.45, 2.75) is 25.5 Å². The number of rotatable bonds is 4. The van der Waals surface area contributed by atoms with Crippen molar-refractivity contribution in [1.29, 1.82) is 0 Å². The molecule has 22 heavy (non-hydrogen) atoms. The molecule has 118 valence electrons. The topological polar surface area (TPSA) is 74.0 Å². The maximum atomic E-state index is 12.5. The number of ether oxygens (including phenoxy) is 1. The first-order valence-electron chi connectivity index (χ1n) is 7.48. The van der Waals surface area contributed by atoms with Gasteiger partial charge in [0, 0.05) is 38.7 Å². The Morgan fingerprint density at radius 2 is 2.32 bits per heavy atom. The normalized spacial score (nSPS) is 21.7. The predicted molar refractivity (Wildman–Crippen MR) is 79.7 cm³/mol. The van der Waals surface area contributed by atoms with E-state index in [1.54, 1.807) is 17.2 Å². The van der Waals surface area contributed by atoms with Gasteiger partial charge in [0.2, 0.25) is 5.91 Å². The van der Waals surface area contributed by atoms with Crippen LogP contribution in [0.4, 0.5) is 0 Å². The minimum Gasteiger partial charge on any atom is -0.373 e. The average Bonchev–Trinajstić information content (AvgIpc) is 3.13. The second-order valence-electron chi connectivity index (χ2n) is 5.74. The van der Waals surface area contributed by atoms with Crippen molar-refractivity contribution in [2.24, 2.45) is 20.0 Å². The fourth-order valence-electron chi connectivity index (χ4n) is 2.83. The van der Waals surface area contributed by atoms with Gasteiger partial charge in [0.1, 0.15) is 0 Å². The van der Waals surface area contributed by atoms with Crippen molar-refractivity contribution in [3.8, 4) is 0 Å². The zero-order valence-electron chi connectivity index (χ0n) is 12.9. The van der Waals surface area contributed by atoms with Crippen LogP contribution in [0.3, 0.4) is 0 Å². The molecule has 0 saturated carbocycles. The van der Waals surface area contributed by atoms with Crippen molar-refractivity contribution in [3.63, 3.8) is 0 Å². The van der Waals surface area contributed by atoms with Gasteiger partial charge in [0.15, 0.2) is 0 Å². The Morgan fingerprint density at radius 1 is 1.45 bits per heavy atom. The summed E-state index contributed by atoms with van der Waals surface area (Å²) in [5.41, 5.74) is 1.81. The number of hydrogen-bond donors (Lipinski definition) is 1. The third-order valence-corrected chi connectivity index (χ3v) is 3.91. The van der Waals surface area contributed by atoms with Gasteiger partial charge in [0.25, 0.3) is 0 Å². The lowest BCUT2D eigenvalue weighted by molar-refractivity contribution is -0.134. The van der Waals surface area contributed by atoms with E-state index in [0.29, 0.717) is 13.2 Å². The third-order valence-electron chi connectivity index (χ3n) is 3.91. The molecule has 3 rings (SSSR count). The van der Waals surface area contributed by atoms with E-state index in [9.17, 15) is 4.79 Å². The third kappa shape index (κ3) is 3.19. The van der Waals surface area contributed by atoms with E-state index in [0.717, 1.165) is 24.1 Å². The summed E-state index contributed by atoms with van der Waals surface area (Å²) in [6, 6.07) is 0. The van der Waals surface area contributed by atoms with Gasteiger partial charge in [-0.1, -0.05) is 0 Å². The van der Waals surface area contributed by atoms with Crippen molar-refractivity contribution in [1.82, 2.24) is 24.6 Å². The molecule has 1 aliphatic heterocycles. The van der Waals surface area contributed by atoms with Crippen molar-refractivity contribution in [2.75, 3.05) is 6.61 Å². The Bertz CT molecular complexity index is 648. The van der Waals surface area contributed by atoms with Gasteiger partial charge in [-0.05, 0) is 12.8 Å². The summed E-state index contributed by atoms with van der Waals surface area (Å²) >= 11 is 0. The molecule has 0 spiro atoms. The number of aryl methyl sites for hydroxylation is 2. The molecule has 0 aromatic carbocycles. The van der Waals surface area contributed by atoms with Crippen LogP contribution in [0.5, 0.6) is 0 Å². The number of nitrogens with zero attached hydrogens (tertiary/aromatic N) is 4. The minimum absolute atomic E-state index is 0.0132. The molecule has 1 N–H and O–H groups in total. The van der Waals surface area contributed by atoms with E-state index < -0.39 is 0 Å². The van der Waals surface area contributed by atoms with Gasteiger partial charge in [-0.3, -0.25) is 9.48 Å². The number of imidazole rings is 1. The van der Waals surface area contributed by atoms with Crippen LogP contribution >= 0.6 is 0 Å². The SMILES string of the molecule is Cn1cnc(CNC(=O)[C@@H]2CCCO[C@H]2c2cnn(C)c2)c1. The Morgan fingerprint density at radius 3 is 3.00 bits per heavy atom. The van der Waals surface area contributed by atoms with Crippen molar-refractivity contribution >= 4 is 5.91 Å². The van der Waals surface area contributed by atoms with Crippen LogP contribution < -0.4 is 5.32 Å². The second kappa shape index (κ2) is 6.31. The molecule has 1 fully saturated rings.